The van der Waals surface area contributed by atoms with Crippen molar-refractivity contribution in [2.45, 2.75) is 37.1 Å². The largest absolute Gasteiger partial charge is 0.486 e. The number of aliphatic hydroxyl groups is 1. The highest BCUT2D eigenvalue weighted by molar-refractivity contribution is 7.89. The van der Waals surface area contributed by atoms with Crippen molar-refractivity contribution < 1.29 is 23.0 Å². The lowest BCUT2D eigenvalue weighted by atomic mass is 9.97. The molecule has 0 saturated carbocycles. The van der Waals surface area contributed by atoms with E-state index in [1.54, 1.807) is 13.0 Å². The Hall–Kier alpha value is -1.31. The van der Waals surface area contributed by atoms with Crippen molar-refractivity contribution in [3.8, 4) is 11.5 Å². The number of benzene rings is 1. The average molecular weight is 315 g/mol. The van der Waals surface area contributed by atoms with Crippen LogP contribution in [0.25, 0.3) is 0 Å². The Labute approximate surface area is 125 Å². The van der Waals surface area contributed by atoms with Gasteiger partial charge in [-0.25, -0.2) is 13.1 Å². The van der Waals surface area contributed by atoms with Crippen molar-refractivity contribution in [3.63, 3.8) is 0 Å². The van der Waals surface area contributed by atoms with Crippen LogP contribution in [0.15, 0.2) is 23.1 Å². The average Bonchev–Trinajstić information content (AvgIpc) is 2.46. The Morgan fingerprint density at radius 1 is 1.29 bits per heavy atom. The van der Waals surface area contributed by atoms with Crippen molar-refractivity contribution in [2.24, 2.45) is 0 Å². The zero-order chi connectivity index (χ0) is 15.5. The van der Waals surface area contributed by atoms with E-state index in [0.29, 0.717) is 37.6 Å². The molecule has 0 aromatic heterocycles. The van der Waals surface area contributed by atoms with Gasteiger partial charge in [0.1, 0.15) is 13.2 Å². The van der Waals surface area contributed by atoms with Crippen LogP contribution in [-0.4, -0.2) is 38.9 Å². The van der Waals surface area contributed by atoms with Gasteiger partial charge in [-0.1, -0.05) is 6.92 Å². The number of hydrogen-bond donors (Lipinski definition) is 2. The van der Waals surface area contributed by atoms with Gasteiger partial charge in [0.25, 0.3) is 0 Å². The van der Waals surface area contributed by atoms with E-state index in [4.69, 9.17) is 14.6 Å². The van der Waals surface area contributed by atoms with Crippen LogP contribution in [0, 0.1) is 0 Å². The third kappa shape index (κ3) is 3.66. The molecule has 1 unspecified atom stereocenters. The van der Waals surface area contributed by atoms with Crippen LogP contribution < -0.4 is 14.2 Å². The van der Waals surface area contributed by atoms with Crippen molar-refractivity contribution in [1.29, 1.82) is 0 Å². The van der Waals surface area contributed by atoms with Gasteiger partial charge in [-0.15, -0.1) is 0 Å². The molecule has 1 aliphatic heterocycles. The molecule has 7 heteroatoms. The van der Waals surface area contributed by atoms with Crippen LogP contribution in [0.5, 0.6) is 11.5 Å². The second kappa shape index (κ2) is 6.21. The number of aliphatic hydroxyl groups excluding tert-OH is 1. The van der Waals surface area contributed by atoms with Crippen molar-refractivity contribution >= 4 is 10.0 Å². The molecule has 0 spiro atoms. The van der Waals surface area contributed by atoms with Crippen LogP contribution in [0.3, 0.4) is 0 Å². The highest BCUT2D eigenvalue weighted by Gasteiger charge is 2.29. The zero-order valence-electron chi connectivity index (χ0n) is 12.3. The lowest BCUT2D eigenvalue weighted by Gasteiger charge is -2.28. The first kappa shape index (κ1) is 16.1. The van der Waals surface area contributed by atoms with Crippen LogP contribution >= 0.6 is 0 Å². The maximum atomic E-state index is 12.5. The number of nitrogens with one attached hydrogen (secondary N) is 1. The predicted octanol–water partition coefficient (Wildman–Crippen LogP) is 1.29. The quantitative estimate of drug-likeness (QED) is 0.826. The summed E-state index contributed by atoms with van der Waals surface area (Å²) in [4.78, 5) is 0.129. The molecular formula is C14H21NO5S. The summed E-state index contributed by atoms with van der Waals surface area (Å²) >= 11 is 0. The van der Waals surface area contributed by atoms with E-state index in [1.165, 1.54) is 12.1 Å². The van der Waals surface area contributed by atoms with E-state index in [-0.39, 0.29) is 11.5 Å². The smallest absolute Gasteiger partial charge is 0.241 e. The number of hydrogen-bond acceptors (Lipinski definition) is 5. The Morgan fingerprint density at radius 3 is 2.57 bits per heavy atom. The topological polar surface area (TPSA) is 84.9 Å². The molecule has 0 saturated heterocycles. The Morgan fingerprint density at radius 2 is 1.95 bits per heavy atom. The van der Waals surface area contributed by atoms with Gasteiger partial charge in [0.2, 0.25) is 10.0 Å². The minimum Gasteiger partial charge on any atom is -0.486 e. The van der Waals surface area contributed by atoms with Crippen molar-refractivity contribution in [3.05, 3.63) is 18.2 Å². The monoisotopic (exact) mass is 315 g/mol. The van der Waals surface area contributed by atoms with Gasteiger partial charge in [-0.05, 0) is 31.9 Å². The highest BCUT2D eigenvalue weighted by Crippen LogP contribution is 2.32. The van der Waals surface area contributed by atoms with E-state index in [2.05, 4.69) is 4.72 Å². The SMILES string of the molecule is CCC(C)(CCO)NS(=O)(=O)c1ccc2c(c1)OCCO2. The minimum absolute atomic E-state index is 0.0754. The molecular weight excluding hydrogens is 294 g/mol. The summed E-state index contributed by atoms with van der Waals surface area (Å²) in [5, 5.41) is 9.09. The van der Waals surface area contributed by atoms with E-state index >= 15 is 0 Å². The first-order chi connectivity index (χ1) is 9.90. The molecule has 21 heavy (non-hydrogen) atoms. The molecule has 6 nitrogen and oxygen atoms in total. The normalized spacial score (nSPS) is 17.3. The fourth-order valence-corrected chi connectivity index (χ4v) is 3.64. The van der Waals surface area contributed by atoms with Crippen LogP contribution in [0.4, 0.5) is 0 Å². The van der Waals surface area contributed by atoms with Gasteiger partial charge >= 0.3 is 0 Å². The van der Waals surface area contributed by atoms with Gasteiger partial charge in [-0.2, -0.15) is 0 Å². The molecule has 1 heterocycles. The van der Waals surface area contributed by atoms with E-state index in [0.717, 1.165) is 0 Å². The predicted molar refractivity (Wildman–Crippen MR) is 78.2 cm³/mol. The number of rotatable bonds is 6. The number of ether oxygens (including phenoxy) is 2. The third-order valence-electron chi connectivity index (χ3n) is 3.65. The maximum Gasteiger partial charge on any atom is 0.241 e. The standard InChI is InChI=1S/C14H21NO5S/c1-3-14(2,6-7-16)15-21(17,18)11-4-5-12-13(10-11)20-9-8-19-12/h4-5,10,15-16H,3,6-9H2,1-2H3. The Bertz CT molecular complexity index is 601. The Balaban J connectivity index is 2.27. The summed E-state index contributed by atoms with van der Waals surface area (Å²) in [7, 11) is -3.68. The molecule has 0 radical (unpaired) electrons. The molecule has 2 rings (SSSR count). The molecule has 1 aromatic rings. The van der Waals surface area contributed by atoms with Crippen molar-refractivity contribution in [2.75, 3.05) is 19.8 Å². The maximum absolute atomic E-state index is 12.5. The summed E-state index contributed by atoms with van der Waals surface area (Å²) in [6.45, 7) is 4.44. The van der Waals surface area contributed by atoms with Gasteiger partial charge in [0, 0.05) is 18.2 Å². The third-order valence-corrected chi connectivity index (χ3v) is 5.28. The fraction of sp³-hybridized carbons (Fsp3) is 0.571. The Kier molecular flexibility index (Phi) is 4.75. The van der Waals surface area contributed by atoms with E-state index in [9.17, 15) is 8.42 Å². The van der Waals surface area contributed by atoms with E-state index < -0.39 is 15.6 Å². The summed E-state index contributed by atoms with van der Waals surface area (Å²) in [6, 6.07) is 4.55. The lowest BCUT2D eigenvalue weighted by molar-refractivity contribution is 0.171. The van der Waals surface area contributed by atoms with Gasteiger partial charge in [-0.3, -0.25) is 0 Å². The first-order valence-corrected chi connectivity index (χ1v) is 8.43. The lowest BCUT2D eigenvalue weighted by Crippen LogP contribution is -2.46. The molecule has 0 amide bonds. The van der Waals surface area contributed by atoms with Crippen LogP contribution in [0.1, 0.15) is 26.7 Å². The first-order valence-electron chi connectivity index (χ1n) is 6.95. The fourth-order valence-electron chi connectivity index (χ4n) is 2.12. The number of fused-ring (bicyclic) bond motifs is 1. The summed E-state index contributed by atoms with van der Waals surface area (Å²) in [6.07, 6.45) is 0.935. The molecule has 1 aromatic carbocycles. The second-order valence-electron chi connectivity index (χ2n) is 5.30. The van der Waals surface area contributed by atoms with Gasteiger partial charge < -0.3 is 14.6 Å². The molecule has 0 bridgehead atoms. The molecule has 1 aliphatic rings. The van der Waals surface area contributed by atoms with E-state index in [1.807, 2.05) is 6.92 Å². The summed E-state index contributed by atoms with van der Waals surface area (Å²) in [5.41, 5.74) is -0.680. The molecule has 118 valence electrons. The van der Waals surface area contributed by atoms with Crippen molar-refractivity contribution in [1.82, 2.24) is 4.72 Å². The zero-order valence-corrected chi connectivity index (χ0v) is 13.1. The van der Waals surface area contributed by atoms with Crippen LogP contribution in [0.2, 0.25) is 0 Å². The summed E-state index contributed by atoms with van der Waals surface area (Å²) in [5.74, 6) is 0.985. The van der Waals surface area contributed by atoms with Gasteiger partial charge in [0.05, 0.1) is 4.90 Å². The molecule has 2 N–H and O–H groups in total. The van der Waals surface area contributed by atoms with Crippen LogP contribution in [-0.2, 0) is 10.0 Å². The second-order valence-corrected chi connectivity index (χ2v) is 6.98. The molecule has 0 aliphatic carbocycles. The highest BCUT2D eigenvalue weighted by atomic mass is 32.2. The number of sulfonamides is 1. The summed E-state index contributed by atoms with van der Waals surface area (Å²) < 4.78 is 38.4. The molecule has 1 atom stereocenters. The van der Waals surface area contributed by atoms with Gasteiger partial charge in [0.15, 0.2) is 11.5 Å². The molecule has 0 fully saturated rings. The minimum atomic E-state index is -3.68.